The zero-order valence-electron chi connectivity index (χ0n) is 11.9. The maximum absolute atomic E-state index is 11.8. The number of amides is 2. The second kappa shape index (κ2) is 6.22. The Morgan fingerprint density at radius 2 is 1.76 bits per heavy atom. The monoisotopic (exact) mass is 285 g/mol. The standard InChI is InChI=1S/C17H19NO3/c19-16-9-10-17(20)18(16)14-7-4-8-15(14)21-12-11-13-5-2-1-3-6-13/h1-3,5-6,9-10,14-15H,4,7-8,11-12H2/t14-,15-/m0/s1. The van der Waals surface area contributed by atoms with Crippen LogP contribution in [0.3, 0.4) is 0 Å². The first-order valence-corrected chi connectivity index (χ1v) is 7.46. The molecule has 1 fully saturated rings. The Morgan fingerprint density at radius 1 is 1.05 bits per heavy atom. The van der Waals surface area contributed by atoms with E-state index < -0.39 is 0 Å². The quantitative estimate of drug-likeness (QED) is 0.778. The number of carbonyl (C=O) groups is 2. The number of hydrogen-bond donors (Lipinski definition) is 0. The van der Waals surface area contributed by atoms with Crippen LogP contribution in [0.15, 0.2) is 42.5 Å². The van der Waals surface area contributed by atoms with Crippen molar-refractivity contribution in [3.05, 3.63) is 48.0 Å². The highest BCUT2D eigenvalue weighted by molar-refractivity contribution is 6.13. The van der Waals surface area contributed by atoms with Crippen LogP contribution in [0.1, 0.15) is 24.8 Å². The summed E-state index contributed by atoms with van der Waals surface area (Å²) in [5.74, 6) is -0.410. The van der Waals surface area contributed by atoms with Crippen molar-refractivity contribution in [2.75, 3.05) is 6.61 Å². The van der Waals surface area contributed by atoms with E-state index in [4.69, 9.17) is 4.74 Å². The Morgan fingerprint density at radius 3 is 2.48 bits per heavy atom. The number of benzene rings is 1. The molecule has 2 aliphatic rings. The van der Waals surface area contributed by atoms with E-state index in [1.54, 1.807) is 0 Å². The fourth-order valence-corrected chi connectivity index (χ4v) is 3.11. The van der Waals surface area contributed by atoms with Crippen molar-refractivity contribution in [2.24, 2.45) is 0 Å². The lowest BCUT2D eigenvalue weighted by Crippen LogP contribution is -2.45. The Kier molecular flexibility index (Phi) is 4.15. The second-order valence-corrected chi connectivity index (χ2v) is 5.52. The smallest absolute Gasteiger partial charge is 0.253 e. The van der Waals surface area contributed by atoms with Crippen molar-refractivity contribution in [1.29, 1.82) is 0 Å². The summed E-state index contributed by atoms with van der Waals surface area (Å²) in [5, 5.41) is 0. The van der Waals surface area contributed by atoms with Gasteiger partial charge < -0.3 is 4.74 Å². The number of imide groups is 1. The van der Waals surface area contributed by atoms with Gasteiger partial charge >= 0.3 is 0 Å². The minimum atomic E-state index is -0.205. The molecular weight excluding hydrogens is 266 g/mol. The Bertz CT molecular complexity index is 534. The summed E-state index contributed by atoms with van der Waals surface area (Å²) in [6, 6.07) is 10.1. The zero-order chi connectivity index (χ0) is 14.7. The van der Waals surface area contributed by atoms with Crippen molar-refractivity contribution in [1.82, 2.24) is 4.90 Å². The second-order valence-electron chi connectivity index (χ2n) is 5.52. The fourth-order valence-electron chi connectivity index (χ4n) is 3.11. The minimum absolute atomic E-state index is 0.0264. The summed E-state index contributed by atoms with van der Waals surface area (Å²) in [6.07, 6.45) is 6.28. The SMILES string of the molecule is O=C1C=CC(=O)N1[C@H]1CCC[C@@H]1OCCc1ccccc1. The molecule has 0 aromatic heterocycles. The van der Waals surface area contributed by atoms with Crippen LogP contribution in [0.4, 0.5) is 0 Å². The van der Waals surface area contributed by atoms with E-state index in [1.807, 2.05) is 18.2 Å². The van der Waals surface area contributed by atoms with Crippen LogP contribution in [0.25, 0.3) is 0 Å². The van der Waals surface area contributed by atoms with Crippen molar-refractivity contribution in [2.45, 2.75) is 37.8 Å². The predicted octanol–water partition coefficient (Wildman–Crippen LogP) is 2.09. The van der Waals surface area contributed by atoms with E-state index in [0.717, 1.165) is 25.7 Å². The first kappa shape index (κ1) is 14.0. The highest BCUT2D eigenvalue weighted by Gasteiger charge is 2.39. The Balaban J connectivity index is 1.55. The zero-order valence-corrected chi connectivity index (χ0v) is 11.9. The molecule has 0 bridgehead atoms. The van der Waals surface area contributed by atoms with Gasteiger partial charge in [0, 0.05) is 12.2 Å². The third-order valence-electron chi connectivity index (χ3n) is 4.16. The van der Waals surface area contributed by atoms with Crippen molar-refractivity contribution in [3.8, 4) is 0 Å². The molecule has 0 spiro atoms. The van der Waals surface area contributed by atoms with Crippen molar-refractivity contribution in [3.63, 3.8) is 0 Å². The molecule has 3 rings (SSSR count). The summed E-state index contributed by atoms with van der Waals surface area (Å²) in [7, 11) is 0. The molecule has 1 aliphatic carbocycles. The van der Waals surface area contributed by atoms with Crippen LogP contribution in [0.2, 0.25) is 0 Å². The van der Waals surface area contributed by atoms with Gasteiger partial charge in [0.25, 0.3) is 11.8 Å². The van der Waals surface area contributed by atoms with E-state index in [1.165, 1.54) is 22.6 Å². The van der Waals surface area contributed by atoms with Gasteiger partial charge in [-0.25, -0.2) is 0 Å². The molecule has 4 heteroatoms. The lowest BCUT2D eigenvalue weighted by Gasteiger charge is -2.27. The van der Waals surface area contributed by atoms with Gasteiger partial charge in [-0.2, -0.15) is 0 Å². The van der Waals surface area contributed by atoms with Crippen molar-refractivity contribution >= 4 is 11.8 Å². The highest BCUT2D eigenvalue weighted by atomic mass is 16.5. The molecule has 2 atom stereocenters. The highest BCUT2D eigenvalue weighted by Crippen LogP contribution is 2.29. The van der Waals surface area contributed by atoms with Gasteiger partial charge in [0.1, 0.15) is 0 Å². The number of nitrogens with zero attached hydrogens (tertiary/aromatic N) is 1. The number of carbonyl (C=O) groups excluding carboxylic acids is 2. The molecule has 0 saturated heterocycles. The normalized spacial score (nSPS) is 25.0. The minimum Gasteiger partial charge on any atom is -0.376 e. The maximum Gasteiger partial charge on any atom is 0.253 e. The van der Waals surface area contributed by atoms with Crippen LogP contribution in [0, 0.1) is 0 Å². The van der Waals surface area contributed by atoms with Gasteiger partial charge in [0.2, 0.25) is 0 Å². The summed E-state index contributed by atoms with van der Waals surface area (Å²) in [4.78, 5) is 24.9. The van der Waals surface area contributed by atoms with Crippen LogP contribution in [-0.4, -0.2) is 35.5 Å². The summed E-state index contributed by atoms with van der Waals surface area (Å²) in [6.45, 7) is 0.620. The van der Waals surface area contributed by atoms with Gasteiger partial charge in [-0.15, -0.1) is 0 Å². The topological polar surface area (TPSA) is 46.6 Å². The van der Waals surface area contributed by atoms with Gasteiger partial charge in [-0.1, -0.05) is 30.3 Å². The number of ether oxygens (including phenoxy) is 1. The van der Waals surface area contributed by atoms with E-state index in [9.17, 15) is 9.59 Å². The predicted molar refractivity (Wildman–Crippen MR) is 78.5 cm³/mol. The molecule has 0 unspecified atom stereocenters. The van der Waals surface area contributed by atoms with E-state index in [2.05, 4.69) is 12.1 Å². The molecule has 1 heterocycles. The molecule has 1 aromatic carbocycles. The van der Waals surface area contributed by atoms with Gasteiger partial charge in [-0.3, -0.25) is 14.5 Å². The Hall–Kier alpha value is -1.94. The fraction of sp³-hybridized carbons (Fsp3) is 0.412. The van der Waals surface area contributed by atoms with E-state index >= 15 is 0 Å². The number of rotatable bonds is 5. The first-order valence-electron chi connectivity index (χ1n) is 7.46. The van der Waals surface area contributed by atoms with Gasteiger partial charge in [-0.05, 0) is 31.2 Å². The molecular formula is C17H19NO3. The van der Waals surface area contributed by atoms with Crippen LogP contribution in [-0.2, 0) is 20.7 Å². The molecule has 1 saturated carbocycles. The molecule has 0 N–H and O–H groups in total. The molecule has 2 amide bonds. The lowest BCUT2D eigenvalue weighted by molar-refractivity contribution is -0.142. The molecule has 21 heavy (non-hydrogen) atoms. The molecule has 110 valence electrons. The molecule has 4 nitrogen and oxygen atoms in total. The average Bonchev–Trinajstić information content (AvgIpc) is 3.07. The van der Waals surface area contributed by atoms with Crippen molar-refractivity contribution < 1.29 is 14.3 Å². The largest absolute Gasteiger partial charge is 0.376 e. The maximum atomic E-state index is 11.8. The third kappa shape index (κ3) is 3.05. The summed E-state index contributed by atoms with van der Waals surface area (Å²) < 4.78 is 5.95. The summed E-state index contributed by atoms with van der Waals surface area (Å²) in [5.41, 5.74) is 1.24. The molecule has 1 aromatic rings. The Labute approximate surface area is 124 Å². The van der Waals surface area contributed by atoms with Gasteiger partial charge in [0.05, 0.1) is 18.8 Å². The lowest BCUT2D eigenvalue weighted by atomic mass is 10.1. The van der Waals surface area contributed by atoms with Crippen LogP contribution < -0.4 is 0 Å². The first-order chi connectivity index (χ1) is 10.3. The number of hydrogen-bond acceptors (Lipinski definition) is 3. The van der Waals surface area contributed by atoms with E-state index in [-0.39, 0.29) is 24.0 Å². The molecule has 1 aliphatic heterocycles. The van der Waals surface area contributed by atoms with Crippen LogP contribution in [0.5, 0.6) is 0 Å². The van der Waals surface area contributed by atoms with Crippen LogP contribution >= 0.6 is 0 Å². The average molecular weight is 285 g/mol. The third-order valence-corrected chi connectivity index (χ3v) is 4.16. The van der Waals surface area contributed by atoms with Gasteiger partial charge in [0.15, 0.2) is 0 Å². The van der Waals surface area contributed by atoms with E-state index in [0.29, 0.717) is 6.61 Å². The summed E-state index contributed by atoms with van der Waals surface area (Å²) >= 11 is 0. The molecule has 0 radical (unpaired) electrons.